The van der Waals surface area contributed by atoms with E-state index < -0.39 is 30.0 Å². The molecule has 0 spiro atoms. The van der Waals surface area contributed by atoms with E-state index in [4.69, 9.17) is 4.74 Å². The molecule has 1 saturated heterocycles. The minimum Gasteiger partial charge on any atom is -0.469 e. The Morgan fingerprint density at radius 1 is 1.30 bits per heavy atom. The quantitative estimate of drug-likeness (QED) is 0.693. The number of nitrogens with one attached hydrogen (secondary N) is 1. The number of hydrogen-bond acceptors (Lipinski definition) is 6. The van der Waals surface area contributed by atoms with Crippen LogP contribution in [0.25, 0.3) is 0 Å². The van der Waals surface area contributed by atoms with Gasteiger partial charge in [-0.2, -0.15) is 0 Å². The highest BCUT2D eigenvalue weighted by Crippen LogP contribution is 2.15. The molecule has 0 unspecified atom stereocenters. The van der Waals surface area contributed by atoms with Gasteiger partial charge in [-0.05, 0) is 18.8 Å². The van der Waals surface area contributed by atoms with Crippen LogP contribution in [-0.4, -0.2) is 50.8 Å². The minimum atomic E-state index is -0.893. The maximum atomic E-state index is 12.0. The van der Waals surface area contributed by atoms with Crippen LogP contribution in [0.5, 0.6) is 0 Å². The zero-order valence-corrected chi connectivity index (χ0v) is 12.0. The van der Waals surface area contributed by atoms with Crippen LogP contribution in [0.3, 0.4) is 0 Å². The molecule has 7 heteroatoms. The summed E-state index contributed by atoms with van der Waals surface area (Å²) in [5.41, 5.74) is 0. The van der Waals surface area contributed by atoms with Crippen LogP contribution in [0, 0.1) is 5.92 Å². The van der Waals surface area contributed by atoms with E-state index in [1.165, 1.54) is 14.2 Å². The molecule has 1 aliphatic rings. The molecule has 0 bridgehead atoms. The van der Waals surface area contributed by atoms with Gasteiger partial charge in [0.05, 0.1) is 20.6 Å². The van der Waals surface area contributed by atoms with Crippen LogP contribution in [0.4, 0.5) is 0 Å². The molecule has 7 nitrogen and oxygen atoms in total. The fraction of sp³-hybridized carbons (Fsp3) is 0.769. The largest absolute Gasteiger partial charge is 0.469 e. The minimum absolute atomic E-state index is 0.0159. The van der Waals surface area contributed by atoms with Gasteiger partial charge in [0, 0.05) is 6.61 Å². The monoisotopic (exact) mass is 287 g/mol. The maximum absolute atomic E-state index is 12.0. The zero-order chi connectivity index (χ0) is 15.1. The first-order valence-corrected chi connectivity index (χ1v) is 6.56. The SMILES string of the molecule is COC(=O)C[C@@H](C)[C@H](NC(=O)[C@H]1CCCO1)C(=O)OC. The van der Waals surface area contributed by atoms with Crippen LogP contribution in [0.15, 0.2) is 0 Å². The van der Waals surface area contributed by atoms with Crippen molar-refractivity contribution < 1.29 is 28.6 Å². The highest BCUT2D eigenvalue weighted by Gasteiger charge is 2.33. The molecule has 1 aliphatic heterocycles. The highest BCUT2D eigenvalue weighted by molar-refractivity contribution is 5.87. The lowest BCUT2D eigenvalue weighted by Gasteiger charge is -2.23. The maximum Gasteiger partial charge on any atom is 0.328 e. The van der Waals surface area contributed by atoms with Crippen molar-refractivity contribution >= 4 is 17.8 Å². The molecule has 0 aromatic rings. The first-order valence-electron chi connectivity index (χ1n) is 6.56. The third-order valence-electron chi connectivity index (χ3n) is 3.26. The summed E-state index contributed by atoms with van der Waals surface area (Å²) in [5, 5.41) is 2.59. The van der Waals surface area contributed by atoms with Gasteiger partial charge in [-0.25, -0.2) is 4.79 Å². The van der Waals surface area contributed by atoms with Crippen LogP contribution in [-0.2, 0) is 28.6 Å². The van der Waals surface area contributed by atoms with Gasteiger partial charge in [0.15, 0.2) is 0 Å². The average molecular weight is 287 g/mol. The zero-order valence-electron chi connectivity index (χ0n) is 12.0. The number of rotatable bonds is 6. The molecule has 20 heavy (non-hydrogen) atoms. The molecular weight excluding hydrogens is 266 g/mol. The van der Waals surface area contributed by atoms with Crippen molar-refractivity contribution in [3.8, 4) is 0 Å². The molecule has 0 aromatic heterocycles. The fourth-order valence-corrected chi connectivity index (χ4v) is 2.06. The van der Waals surface area contributed by atoms with Crippen molar-refractivity contribution in [1.82, 2.24) is 5.32 Å². The Morgan fingerprint density at radius 3 is 2.50 bits per heavy atom. The molecule has 0 radical (unpaired) electrons. The Labute approximate surface area is 117 Å². The van der Waals surface area contributed by atoms with E-state index in [-0.39, 0.29) is 12.3 Å². The van der Waals surface area contributed by atoms with Gasteiger partial charge in [-0.3, -0.25) is 9.59 Å². The van der Waals surface area contributed by atoms with E-state index in [1.807, 2.05) is 0 Å². The summed E-state index contributed by atoms with van der Waals surface area (Å²) in [7, 11) is 2.51. The van der Waals surface area contributed by atoms with Crippen LogP contribution < -0.4 is 5.32 Å². The molecule has 0 saturated carbocycles. The Balaban J connectivity index is 2.65. The van der Waals surface area contributed by atoms with Gasteiger partial charge in [0.1, 0.15) is 12.1 Å². The molecule has 1 heterocycles. The van der Waals surface area contributed by atoms with Crippen LogP contribution >= 0.6 is 0 Å². The van der Waals surface area contributed by atoms with Gasteiger partial charge in [0.2, 0.25) is 5.91 Å². The van der Waals surface area contributed by atoms with Crippen LogP contribution in [0.2, 0.25) is 0 Å². The number of hydrogen-bond donors (Lipinski definition) is 1. The number of methoxy groups -OCH3 is 2. The molecule has 0 aliphatic carbocycles. The van der Waals surface area contributed by atoms with Gasteiger partial charge >= 0.3 is 11.9 Å². The fourth-order valence-electron chi connectivity index (χ4n) is 2.06. The predicted octanol–water partition coefficient (Wildman–Crippen LogP) is 0.0224. The van der Waals surface area contributed by atoms with E-state index in [2.05, 4.69) is 14.8 Å². The van der Waals surface area contributed by atoms with E-state index in [0.717, 1.165) is 6.42 Å². The van der Waals surface area contributed by atoms with Gasteiger partial charge < -0.3 is 19.5 Å². The molecule has 0 aromatic carbocycles. The third kappa shape index (κ3) is 4.48. The van der Waals surface area contributed by atoms with Crippen molar-refractivity contribution in [2.24, 2.45) is 5.92 Å². The van der Waals surface area contributed by atoms with Gasteiger partial charge in [-0.15, -0.1) is 0 Å². The first-order chi connectivity index (χ1) is 9.49. The van der Waals surface area contributed by atoms with Gasteiger partial charge in [-0.1, -0.05) is 6.92 Å². The van der Waals surface area contributed by atoms with Crippen molar-refractivity contribution in [3.05, 3.63) is 0 Å². The number of carbonyl (C=O) groups excluding carboxylic acids is 3. The lowest BCUT2D eigenvalue weighted by atomic mass is 9.98. The normalized spacial score (nSPS) is 20.9. The molecule has 3 atom stereocenters. The summed E-state index contributed by atoms with van der Waals surface area (Å²) in [6.45, 7) is 2.22. The summed E-state index contributed by atoms with van der Waals surface area (Å²) < 4.78 is 14.5. The number of amides is 1. The molecule has 114 valence electrons. The standard InChI is InChI=1S/C13H21NO6/c1-8(7-10(15)18-2)11(13(17)19-3)14-12(16)9-5-4-6-20-9/h8-9,11H,4-7H2,1-3H3,(H,14,16)/t8-,9-,11+/m1/s1. The summed E-state index contributed by atoms with van der Waals surface area (Å²) in [4.78, 5) is 35.0. The van der Waals surface area contributed by atoms with Gasteiger partial charge in [0.25, 0.3) is 0 Å². The summed E-state index contributed by atoms with van der Waals surface area (Å²) in [6.07, 6.45) is 0.929. The number of carbonyl (C=O) groups is 3. The summed E-state index contributed by atoms with van der Waals surface area (Å²) in [6, 6.07) is -0.893. The van der Waals surface area contributed by atoms with E-state index in [1.54, 1.807) is 6.92 Å². The predicted molar refractivity (Wildman–Crippen MR) is 68.7 cm³/mol. The highest BCUT2D eigenvalue weighted by atomic mass is 16.5. The Morgan fingerprint density at radius 2 is 2.00 bits per heavy atom. The first kappa shape index (κ1) is 16.4. The summed E-state index contributed by atoms with van der Waals surface area (Å²) in [5.74, 6) is -1.82. The van der Waals surface area contributed by atoms with E-state index in [9.17, 15) is 14.4 Å². The molecule has 1 fully saturated rings. The molecule has 1 rings (SSSR count). The Hall–Kier alpha value is -1.63. The van der Waals surface area contributed by atoms with Crippen molar-refractivity contribution in [2.45, 2.75) is 38.3 Å². The van der Waals surface area contributed by atoms with Crippen LogP contribution in [0.1, 0.15) is 26.2 Å². The molecular formula is C13H21NO6. The number of ether oxygens (including phenoxy) is 3. The third-order valence-corrected chi connectivity index (χ3v) is 3.26. The molecule has 1 amide bonds. The Bertz CT molecular complexity index is 364. The lowest BCUT2D eigenvalue weighted by molar-refractivity contribution is -0.149. The van der Waals surface area contributed by atoms with E-state index in [0.29, 0.717) is 13.0 Å². The second kappa shape index (κ2) is 7.84. The van der Waals surface area contributed by atoms with Crippen molar-refractivity contribution in [1.29, 1.82) is 0 Å². The second-order valence-corrected chi connectivity index (χ2v) is 4.77. The number of esters is 2. The summed E-state index contributed by atoms with van der Waals surface area (Å²) >= 11 is 0. The van der Waals surface area contributed by atoms with E-state index >= 15 is 0 Å². The Kier molecular flexibility index (Phi) is 6.44. The van der Waals surface area contributed by atoms with Crippen molar-refractivity contribution in [3.63, 3.8) is 0 Å². The van der Waals surface area contributed by atoms with Crippen molar-refractivity contribution in [2.75, 3.05) is 20.8 Å². The lowest BCUT2D eigenvalue weighted by Crippen LogP contribution is -2.49. The average Bonchev–Trinajstić information content (AvgIpc) is 2.97. The topological polar surface area (TPSA) is 90.9 Å². The smallest absolute Gasteiger partial charge is 0.328 e. The second-order valence-electron chi connectivity index (χ2n) is 4.77. The molecule has 1 N–H and O–H groups in total.